The molecule has 3 aliphatic rings. The standard InChI is InChI=1S/C16H28N2O3/c1-2-21-13-9-12(16(13)5-3-4-6-16)18-14(20)17-10-15(11-19)7-8-15/h12-13,19H,2-11H2,1H3,(H2,17,18,20)/t12-,13-/m0/s1. The molecule has 3 N–H and O–H groups in total. The summed E-state index contributed by atoms with van der Waals surface area (Å²) in [5.41, 5.74) is 0.150. The Labute approximate surface area is 126 Å². The molecule has 0 aromatic rings. The van der Waals surface area contributed by atoms with Gasteiger partial charge in [0.05, 0.1) is 12.7 Å². The maximum absolute atomic E-state index is 12.1. The molecule has 0 saturated heterocycles. The molecular formula is C16H28N2O3. The van der Waals surface area contributed by atoms with Gasteiger partial charge in [-0.2, -0.15) is 0 Å². The fourth-order valence-corrected chi connectivity index (χ4v) is 4.13. The number of amides is 2. The molecule has 0 aromatic carbocycles. The zero-order valence-corrected chi connectivity index (χ0v) is 13.0. The summed E-state index contributed by atoms with van der Waals surface area (Å²) in [4.78, 5) is 12.1. The summed E-state index contributed by atoms with van der Waals surface area (Å²) in [6.07, 6.45) is 8.13. The van der Waals surface area contributed by atoms with Gasteiger partial charge in [-0.3, -0.25) is 0 Å². The predicted octanol–water partition coefficient (Wildman–Crippen LogP) is 1.80. The van der Waals surface area contributed by atoms with Crippen LogP contribution in [0.4, 0.5) is 4.79 Å². The van der Waals surface area contributed by atoms with E-state index in [9.17, 15) is 9.90 Å². The largest absolute Gasteiger partial charge is 0.396 e. The third-order valence-electron chi connectivity index (χ3n) is 5.91. The molecule has 0 aromatic heterocycles. The van der Waals surface area contributed by atoms with Gasteiger partial charge in [-0.25, -0.2) is 4.79 Å². The van der Waals surface area contributed by atoms with Gasteiger partial charge in [-0.15, -0.1) is 0 Å². The first kappa shape index (κ1) is 15.1. The van der Waals surface area contributed by atoms with Crippen LogP contribution in [0.25, 0.3) is 0 Å². The molecule has 0 heterocycles. The Morgan fingerprint density at radius 1 is 1.29 bits per heavy atom. The summed E-state index contributed by atoms with van der Waals surface area (Å²) >= 11 is 0. The van der Waals surface area contributed by atoms with E-state index >= 15 is 0 Å². The van der Waals surface area contributed by atoms with Crippen molar-refractivity contribution in [3.63, 3.8) is 0 Å². The lowest BCUT2D eigenvalue weighted by Gasteiger charge is -2.54. The van der Waals surface area contributed by atoms with Crippen molar-refractivity contribution in [2.45, 2.75) is 64.0 Å². The lowest BCUT2D eigenvalue weighted by atomic mass is 9.60. The maximum Gasteiger partial charge on any atom is 0.315 e. The fraction of sp³-hybridized carbons (Fsp3) is 0.938. The topological polar surface area (TPSA) is 70.6 Å². The molecule has 3 rings (SSSR count). The number of carbonyl (C=O) groups is 1. The van der Waals surface area contributed by atoms with Gasteiger partial charge in [0.25, 0.3) is 0 Å². The minimum atomic E-state index is -0.0825. The normalized spacial score (nSPS) is 31.7. The van der Waals surface area contributed by atoms with E-state index in [1.54, 1.807) is 0 Å². The van der Waals surface area contributed by atoms with Crippen LogP contribution in [0.1, 0.15) is 51.9 Å². The molecule has 3 saturated carbocycles. The molecule has 3 fully saturated rings. The number of hydrogen-bond donors (Lipinski definition) is 3. The molecule has 5 heteroatoms. The molecule has 2 amide bonds. The summed E-state index contributed by atoms with van der Waals surface area (Å²) in [6.45, 7) is 3.56. The molecule has 5 nitrogen and oxygen atoms in total. The van der Waals surface area contributed by atoms with Gasteiger partial charge in [-0.1, -0.05) is 12.8 Å². The molecule has 1 spiro atoms. The lowest BCUT2D eigenvalue weighted by molar-refractivity contribution is -0.126. The maximum atomic E-state index is 12.1. The first-order valence-corrected chi connectivity index (χ1v) is 8.41. The Bertz CT molecular complexity index is 389. The summed E-state index contributed by atoms with van der Waals surface area (Å²) < 4.78 is 5.86. The van der Waals surface area contributed by atoms with Crippen LogP contribution in [-0.2, 0) is 4.74 Å². The minimum absolute atomic E-state index is 0.0319. The molecule has 120 valence electrons. The van der Waals surface area contributed by atoms with Gasteiger partial charge < -0.3 is 20.5 Å². The summed E-state index contributed by atoms with van der Waals surface area (Å²) in [7, 11) is 0. The molecule has 0 aliphatic heterocycles. The van der Waals surface area contributed by atoms with Crippen LogP contribution in [0.2, 0.25) is 0 Å². The number of urea groups is 1. The molecule has 3 aliphatic carbocycles. The highest BCUT2D eigenvalue weighted by Crippen LogP contribution is 2.54. The monoisotopic (exact) mass is 296 g/mol. The highest BCUT2D eigenvalue weighted by Gasteiger charge is 2.57. The summed E-state index contributed by atoms with van der Waals surface area (Å²) in [5.74, 6) is 0. The number of carbonyl (C=O) groups excluding carboxylic acids is 1. The van der Waals surface area contributed by atoms with Crippen molar-refractivity contribution in [1.29, 1.82) is 0 Å². The van der Waals surface area contributed by atoms with Gasteiger partial charge in [0.15, 0.2) is 0 Å². The molecular weight excluding hydrogens is 268 g/mol. The predicted molar refractivity (Wildman–Crippen MR) is 80.0 cm³/mol. The second-order valence-corrected chi connectivity index (χ2v) is 7.16. The number of ether oxygens (including phenoxy) is 1. The third kappa shape index (κ3) is 2.78. The molecule has 2 atom stereocenters. The SMILES string of the molecule is CCO[C@H]1C[C@H](NC(=O)NCC2(CO)CC2)C12CCCC2. The van der Waals surface area contributed by atoms with Crippen molar-refractivity contribution in [2.75, 3.05) is 19.8 Å². The number of nitrogens with one attached hydrogen (secondary N) is 2. The van der Waals surface area contributed by atoms with E-state index in [0.29, 0.717) is 12.6 Å². The smallest absolute Gasteiger partial charge is 0.315 e. The van der Waals surface area contributed by atoms with E-state index < -0.39 is 0 Å². The van der Waals surface area contributed by atoms with Crippen LogP contribution < -0.4 is 10.6 Å². The average Bonchev–Trinajstić information content (AvgIpc) is 3.07. The van der Waals surface area contributed by atoms with Crippen molar-refractivity contribution >= 4 is 6.03 Å². The molecule has 0 radical (unpaired) electrons. The van der Waals surface area contributed by atoms with E-state index in [2.05, 4.69) is 10.6 Å². The van der Waals surface area contributed by atoms with Gasteiger partial charge in [0.1, 0.15) is 0 Å². The summed E-state index contributed by atoms with van der Waals surface area (Å²) in [5, 5.41) is 15.4. The molecule has 0 unspecified atom stereocenters. The highest BCUT2D eigenvalue weighted by molar-refractivity contribution is 5.74. The lowest BCUT2D eigenvalue weighted by Crippen LogP contribution is -2.65. The Morgan fingerprint density at radius 2 is 2.00 bits per heavy atom. The van der Waals surface area contributed by atoms with E-state index in [0.717, 1.165) is 25.9 Å². The summed E-state index contributed by atoms with van der Waals surface area (Å²) in [6, 6.07) is 0.168. The Kier molecular flexibility index (Phi) is 4.14. The van der Waals surface area contributed by atoms with Crippen molar-refractivity contribution in [1.82, 2.24) is 10.6 Å². The Morgan fingerprint density at radius 3 is 2.57 bits per heavy atom. The van der Waals surface area contributed by atoms with E-state index in [1.807, 2.05) is 6.92 Å². The van der Waals surface area contributed by atoms with Crippen molar-refractivity contribution in [3.8, 4) is 0 Å². The minimum Gasteiger partial charge on any atom is -0.396 e. The van der Waals surface area contributed by atoms with Crippen molar-refractivity contribution < 1.29 is 14.6 Å². The first-order chi connectivity index (χ1) is 10.1. The van der Waals surface area contributed by atoms with Crippen LogP contribution in [0, 0.1) is 10.8 Å². The average molecular weight is 296 g/mol. The zero-order chi connectivity index (χ0) is 14.9. The van der Waals surface area contributed by atoms with Crippen LogP contribution in [0.15, 0.2) is 0 Å². The highest BCUT2D eigenvalue weighted by atomic mass is 16.5. The van der Waals surface area contributed by atoms with E-state index in [4.69, 9.17) is 4.74 Å². The molecule has 21 heavy (non-hydrogen) atoms. The zero-order valence-electron chi connectivity index (χ0n) is 13.0. The van der Waals surface area contributed by atoms with Gasteiger partial charge in [-0.05, 0) is 39.0 Å². The van der Waals surface area contributed by atoms with Crippen LogP contribution >= 0.6 is 0 Å². The number of aliphatic hydroxyl groups excluding tert-OH is 1. The second-order valence-electron chi connectivity index (χ2n) is 7.16. The van der Waals surface area contributed by atoms with Gasteiger partial charge in [0.2, 0.25) is 0 Å². The first-order valence-electron chi connectivity index (χ1n) is 8.41. The van der Waals surface area contributed by atoms with Crippen molar-refractivity contribution in [2.24, 2.45) is 10.8 Å². The van der Waals surface area contributed by atoms with E-state index in [1.165, 1.54) is 25.7 Å². The third-order valence-corrected chi connectivity index (χ3v) is 5.91. The van der Waals surface area contributed by atoms with Crippen LogP contribution in [0.3, 0.4) is 0 Å². The van der Waals surface area contributed by atoms with E-state index in [-0.39, 0.29) is 29.5 Å². The van der Waals surface area contributed by atoms with Crippen molar-refractivity contribution in [3.05, 3.63) is 0 Å². The Hall–Kier alpha value is -0.810. The number of aliphatic hydroxyl groups is 1. The fourth-order valence-electron chi connectivity index (χ4n) is 4.13. The van der Waals surface area contributed by atoms with Crippen LogP contribution in [-0.4, -0.2) is 43.0 Å². The molecule has 0 bridgehead atoms. The number of rotatable bonds is 6. The quantitative estimate of drug-likeness (QED) is 0.700. The number of hydrogen-bond acceptors (Lipinski definition) is 3. The second kappa shape index (κ2) is 5.76. The van der Waals surface area contributed by atoms with Gasteiger partial charge in [0, 0.05) is 30.0 Å². The Balaban J connectivity index is 1.49. The van der Waals surface area contributed by atoms with Gasteiger partial charge >= 0.3 is 6.03 Å². The van der Waals surface area contributed by atoms with Crippen LogP contribution in [0.5, 0.6) is 0 Å².